The second kappa shape index (κ2) is 2.19. The minimum Gasteiger partial charge on any atom is -0.357 e. The first-order valence-electron chi connectivity index (χ1n) is 3.70. The van der Waals surface area contributed by atoms with Gasteiger partial charge in [-0.05, 0) is 13.8 Å². The highest BCUT2D eigenvalue weighted by molar-refractivity contribution is 5.04. The summed E-state index contributed by atoms with van der Waals surface area (Å²) in [6.07, 6.45) is 0. The van der Waals surface area contributed by atoms with Gasteiger partial charge in [0.05, 0.1) is 5.82 Å². The first-order chi connectivity index (χ1) is 4.55. The van der Waals surface area contributed by atoms with Crippen LogP contribution in [0.25, 0.3) is 0 Å². The molecule has 58 valence electrons. The minimum atomic E-state index is 0.595. The van der Waals surface area contributed by atoms with Gasteiger partial charge in [-0.2, -0.15) is 0 Å². The van der Waals surface area contributed by atoms with Gasteiger partial charge < -0.3 is 9.80 Å². The third-order valence-corrected chi connectivity index (χ3v) is 2.73. The van der Waals surface area contributed by atoms with Crippen LogP contribution in [0.3, 0.4) is 0 Å². The van der Waals surface area contributed by atoms with Crippen LogP contribution in [0.2, 0.25) is 0 Å². The van der Waals surface area contributed by atoms with E-state index in [1.54, 1.807) is 0 Å². The van der Waals surface area contributed by atoms with Crippen molar-refractivity contribution in [1.82, 2.24) is 9.80 Å². The summed E-state index contributed by atoms with van der Waals surface area (Å²) in [4.78, 5) is 4.43. The molecule has 0 N–H and O–H groups in total. The number of rotatable bonds is 0. The lowest BCUT2D eigenvalue weighted by Crippen LogP contribution is -2.29. The van der Waals surface area contributed by atoms with Crippen LogP contribution in [0.15, 0.2) is 12.4 Å². The molecule has 0 spiro atoms. The molecule has 1 aliphatic rings. The van der Waals surface area contributed by atoms with Crippen molar-refractivity contribution in [3.8, 4) is 0 Å². The predicted octanol–water partition coefficient (Wildman–Crippen LogP) is 1.11. The molecule has 2 heteroatoms. The molecule has 2 atom stereocenters. The molecular weight excluding hydrogens is 124 g/mol. The molecule has 1 unspecified atom stereocenters. The Morgan fingerprint density at radius 3 is 1.50 bits per heavy atom. The van der Waals surface area contributed by atoms with Gasteiger partial charge in [-0.25, -0.2) is 0 Å². The molecule has 0 aromatic heterocycles. The monoisotopic (exact) mass is 140 g/mol. The quantitative estimate of drug-likeness (QED) is 0.497. The number of nitrogens with zero attached hydrogens (tertiary/aromatic N) is 2. The fraction of sp³-hybridized carbons (Fsp3) is 0.750. The SMILES string of the molecule is C=C1N(C)C(C)[C@H](C)N1C. The van der Waals surface area contributed by atoms with Gasteiger partial charge >= 0.3 is 0 Å². The first kappa shape index (κ1) is 7.45. The maximum Gasteiger partial charge on any atom is 0.0966 e. The Morgan fingerprint density at radius 2 is 1.40 bits per heavy atom. The lowest BCUT2D eigenvalue weighted by atomic mass is 10.2. The third kappa shape index (κ3) is 0.789. The molecule has 0 aromatic rings. The Hall–Kier alpha value is -0.660. The fourth-order valence-corrected chi connectivity index (χ4v) is 1.37. The summed E-state index contributed by atoms with van der Waals surface area (Å²) in [6.45, 7) is 8.41. The van der Waals surface area contributed by atoms with E-state index in [4.69, 9.17) is 0 Å². The van der Waals surface area contributed by atoms with E-state index in [1.165, 1.54) is 0 Å². The van der Waals surface area contributed by atoms with Gasteiger partial charge in [0, 0.05) is 26.2 Å². The van der Waals surface area contributed by atoms with E-state index in [0.29, 0.717) is 12.1 Å². The van der Waals surface area contributed by atoms with Gasteiger partial charge in [-0.1, -0.05) is 6.58 Å². The van der Waals surface area contributed by atoms with Crippen LogP contribution in [-0.2, 0) is 0 Å². The molecule has 1 heterocycles. The number of likely N-dealkylation sites (N-methyl/N-ethyl adjacent to an activating group) is 2. The summed E-state index contributed by atoms with van der Waals surface area (Å²) >= 11 is 0. The maximum atomic E-state index is 3.97. The molecule has 0 saturated carbocycles. The highest BCUT2D eigenvalue weighted by Crippen LogP contribution is 2.23. The molecule has 0 radical (unpaired) electrons. The zero-order valence-electron chi connectivity index (χ0n) is 7.26. The van der Waals surface area contributed by atoms with Crippen LogP contribution < -0.4 is 0 Å². The van der Waals surface area contributed by atoms with Gasteiger partial charge in [-0.3, -0.25) is 0 Å². The zero-order valence-corrected chi connectivity index (χ0v) is 7.26. The van der Waals surface area contributed by atoms with Crippen molar-refractivity contribution < 1.29 is 0 Å². The Labute approximate surface area is 63.1 Å². The molecule has 10 heavy (non-hydrogen) atoms. The second-order valence-electron chi connectivity index (χ2n) is 3.12. The summed E-state index contributed by atoms with van der Waals surface area (Å²) in [5.74, 6) is 1.13. The Morgan fingerprint density at radius 1 is 1.10 bits per heavy atom. The van der Waals surface area contributed by atoms with E-state index in [9.17, 15) is 0 Å². The van der Waals surface area contributed by atoms with Gasteiger partial charge in [0.25, 0.3) is 0 Å². The van der Waals surface area contributed by atoms with E-state index >= 15 is 0 Å². The second-order valence-corrected chi connectivity index (χ2v) is 3.12. The average Bonchev–Trinajstić information content (AvgIpc) is 2.07. The minimum absolute atomic E-state index is 0.595. The van der Waals surface area contributed by atoms with Gasteiger partial charge in [0.15, 0.2) is 0 Å². The Balaban J connectivity index is 2.78. The van der Waals surface area contributed by atoms with Gasteiger partial charge in [0.1, 0.15) is 0 Å². The topological polar surface area (TPSA) is 6.48 Å². The molecule has 2 nitrogen and oxygen atoms in total. The number of hydrogen-bond acceptors (Lipinski definition) is 2. The highest BCUT2D eigenvalue weighted by atomic mass is 15.4. The predicted molar refractivity (Wildman–Crippen MR) is 43.6 cm³/mol. The van der Waals surface area contributed by atoms with Crippen molar-refractivity contribution in [3.63, 3.8) is 0 Å². The third-order valence-electron chi connectivity index (χ3n) is 2.73. The zero-order chi connectivity index (χ0) is 7.89. The molecule has 0 amide bonds. The van der Waals surface area contributed by atoms with Gasteiger partial charge in [-0.15, -0.1) is 0 Å². The van der Waals surface area contributed by atoms with E-state index in [0.717, 1.165) is 5.82 Å². The van der Waals surface area contributed by atoms with Crippen molar-refractivity contribution >= 4 is 0 Å². The lowest BCUT2D eigenvalue weighted by molar-refractivity contribution is 0.344. The number of hydrogen-bond donors (Lipinski definition) is 0. The molecule has 1 rings (SSSR count). The smallest absolute Gasteiger partial charge is 0.0966 e. The van der Waals surface area contributed by atoms with E-state index in [-0.39, 0.29) is 0 Å². The molecular formula is C8H16N2. The van der Waals surface area contributed by atoms with E-state index in [2.05, 4.69) is 44.3 Å². The Kier molecular flexibility index (Phi) is 1.63. The lowest BCUT2D eigenvalue weighted by Gasteiger charge is -2.17. The fourth-order valence-electron chi connectivity index (χ4n) is 1.37. The molecule has 0 bridgehead atoms. The highest BCUT2D eigenvalue weighted by Gasteiger charge is 2.30. The van der Waals surface area contributed by atoms with Crippen molar-refractivity contribution in [1.29, 1.82) is 0 Å². The van der Waals surface area contributed by atoms with E-state index in [1.807, 2.05) is 0 Å². The van der Waals surface area contributed by atoms with Crippen molar-refractivity contribution in [2.24, 2.45) is 0 Å². The van der Waals surface area contributed by atoms with Crippen LogP contribution >= 0.6 is 0 Å². The summed E-state index contributed by atoms with van der Waals surface area (Å²) in [5.41, 5.74) is 0. The summed E-state index contributed by atoms with van der Waals surface area (Å²) in [5, 5.41) is 0. The first-order valence-corrected chi connectivity index (χ1v) is 3.70. The van der Waals surface area contributed by atoms with Crippen molar-refractivity contribution in [2.45, 2.75) is 25.9 Å². The summed E-state index contributed by atoms with van der Waals surface area (Å²) < 4.78 is 0. The van der Waals surface area contributed by atoms with Crippen LogP contribution in [-0.4, -0.2) is 36.0 Å². The van der Waals surface area contributed by atoms with Crippen LogP contribution in [0.4, 0.5) is 0 Å². The molecule has 0 aromatic carbocycles. The molecule has 1 fully saturated rings. The molecule has 1 saturated heterocycles. The summed E-state index contributed by atoms with van der Waals surface area (Å²) in [6, 6.07) is 1.19. The van der Waals surface area contributed by atoms with Crippen molar-refractivity contribution in [2.75, 3.05) is 14.1 Å². The van der Waals surface area contributed by atoms with Crippen molar-refractivity contribution in [3.05, 3.63) is 12.4 Å². The van der Waals surface area contributed by atoms with Crippen LogP contribution in [0.5, 0.6) is 0 Å². The van der Waals surface area contributed by atoms with Gasteiger partial charge in [0.2, 0.25) is 0 Å². The van der Waals surface area contributed by atoms with Crippen LogP contribution in [0, 0.1) is 0 Å². The standard InChI is InChI=1S/C8H16N2/c1-6-7(2)10(5)8(3)9(6)4/h6-7H,3H2,1-2,4-5H3/t6-,7?/m0/s1. The normalized spacial score (nSPS) is 33.8. The van der Waals surface area contributed by atoms with Crippen LogP contribution in [0.1, 0.15) is 13.8 Å². The summed E-state index contributed by atoms with van der Waals surface area (Å²) in [7, 11) is 4.18. The largest absolute Gasteiger partial charge is 0.357 e. The average molecular weight is 140 g/mol. The molecule has 1 aliphatic heterocycles. The van der Waals surface area contributed by atoms with E-state index < -0.39 is 0 Å². The Bertz CT molecular complexity index is 137. The maximum absolute atomic E-state index is 3.97. The molecule has 0 aliphatic carbocycles.